The third-order valence-electron chi connectivity index (χ3n) is 3.43. The van der Waals surface area contributed by atoms with Crippen molar-refractivity contribution in [2.45, 2.75) is 39.7 Å². The van der Waals surface area contributed by atoms with Gasteiger partial charge in [-0.1, -0.05) is 19.9 Å². The quantitative estimate of drug-likeness (QED) is 0.877. The summed E-state index contributed by atoms with van der Waals surface area (Å²) in [5.41, 5.74) is 3.76. The molecule has 0 aliphatic carbocycles. The van der Waals surface area contributed by atoms with Crippen LogP contribution in [-0.2, 0) is 13.0 Å². The van der Waals surface area contributed by atoms with Crippen molar-refractivity contribution >= 4 is 11.0 Å². The average Bonchev–Trinajstić information content (AvgIpc) is 2.72. The molecule has 1 aromatic carbocycles. The van der Waals surface area contributed by atoms with E-state index in [9.17, 15) is 0 Å². The predicted octanol–water partition coefficient (Wildman–Crippen LogP) is 2.94. The molecule has 0 bridgehead atoms. The fourth-order valence-corrected chi connectivity index (χ4v) is 2.34. The van der Waals surface area contributed by atoms with Crippen LogP contribution < -0.4 is 5.32 Å². The standard InChI is InChI=1S/C15H23N3/c1-5-18-14-7-6-12(11(2)3)10-13(14)17-15(18)8-9-16-4/h6-7,10-11,16H,5,8-9H2,1-4H3. The lowest BCUT2D eigenvalue weighted by atomic mass is 10.0. The molecule has 2 rings (SSSR count). The fraction of sp³-hybridized carbons (Fsp3) is 0.533. The van der Waals surface area contributed by atoms with Crippen molar-refractivity contribution in [3.63, 3.8) is 0 Å². The molecule has 98 valence electrons. The molecule has 18 heavy (non-hydrogen) atoms. The van der Waals surface area contributed by atoms with E-state index in [2.05, 4.69) is 48.9 Å². The van der Waals surface area contributed by atoms with Gasteiger partial charge in [0.1, 0.15) is 5.82 Å². The van der Waals surface area contributed by atoms with E-state index in [1.807, 2.05) is 7.05 Å². The smallest absolute Gasteiger partial charge is 0.111 e. The largest absolute Gasteiger partial charge is 0.328 e. The number of nitrogens with one attached hydrogen (secondary N) is 1. The number of fused-ring (bicyclic) bond motifs is 1. The number of nitrogens with zero attached hydrogens (tertiary/aromatic N) is 2. The summed E-state index contributed by atoms with van der Waals surface area (Å²) in [5, 5.41) is 3.19. The molecule has 1 aromatic heterocycles. The number of benzene rings is 1. The average molecular weight is 245 g/mol. The summed E-state index contributed by atoms with van der Waals surface area (Å²) < 4.78 is 2.32. The van der Waals surface area contributed by atoms with Crippen molar-refractivity contribution in [2.75, 3.05) is 13.6 Å². The maximum atomic E-state index is 4.79. The van der Waals surface area contributed by atoms with Gasteiger partial charge in [-0.3, -0.25) is 0 Å². The van der Waals surface area contributed by atoms with Gasteiger partial charge < -0.3 is 9.88 Å². The molecule has 0 aliphatic rings. The molecule has 0 saturated carbocycles. The normalized spacial score (nSPS) is 11.6. The van der Waals surface area contributed by atoms with Crippen LogP contribution >= 0.6 is 0 Å². The Hall–Kier alpha value is -1.35. The van der Waals surface area contributed by atoms with E-state index in [1.165, 1.54) is 16.9 Å². The second-order valence-electron chi connectivity index (χ2n) is 5.03. The zero-order valence-electron chi connectivity index (χ0n) is 11.8. The van der Waals surface area contributed by atoms with Crippen LogP contribution in [0.15, 0.2) is 18.2 Å². The van der Waals surface area contributed by atoms with Gasteiger partial charge in [0.2, 0.25) is 0 Å². The molecule has 0 radical (unpaired) electrons. The highest BCUT2D eigenvalue weighted by Crippen LogP contribution is 2.22. The summed E-state index contributed by atoms with van der Waals surface area (Å²) in [6.45, 7) is 8.58. The van der Waals surface area contributed by atoms with Gasteiger partial charge in [-0.2, -0.15) is 0 Å². The summed E-state index contributed by atoms with van der Waals surface area (Å²) in [6, 6.07) is 6.67. The number of aromatic nitrogens is 2. The summed E-state index contributed by atoms with van der Waals surface area (Å²) in [6.07, 6.45) is 0.982. The SMILES string of the molecule is CCn1c(CCNC)nc2cc(C(C)C)ccc21. The second-order valence-corrected chi connectivity index (χ2v) is 5.03. The maximum absolute atomic E-state index is 4.79. The lowest BCUT2D eigenvalue weighted by Gasteiger charge is -2.07. The topological polar surface area (TPSA) is 29.9 Å². The van der Waals surface area contributed by atoms with E-state index in [1.54, 1.807) is 0 Å². The number of rotatable bonds is 5. The zero-order chi connectivity index (χ0) is 13.1. The summed E-state index contributed by atoms with van der Waals surface area (Å²) >= 11 is 0. The van der Waals surface area contributed by atoms with Crippen molar-refractivity contribution < 1.29 is 0 Å². The first-order chi connectivity index (χ1) is 8.67. The molecule has 0 aliphatic heterocycles. The Kier molecular flexibility index (Phi) is 4.02. The summed E-state index contributed by atoms with van der Waals surface area (Å²) in [5.74, 6) is 1.74. The fourth-order valence-electron chi connectivity index (χ4n) is 2.34. The van der Waals surface area contributed by atoms with E-state index in [0.717, 1.165) is 25.0 Å². The molecule has 3 nitrogen and oxygen atoms in total. The molecule has 0 saturated heterocycles. The summed E-state index contributed by atoms with van der Waals surface area (Å²) in [7, 11) is 1.98. The minimum absolute atomic E-state index is 0.557. The highest BCUT2D eigenvalue weighted by atomic mass is 15.1. The molecule has 3 heteroatoms. The Labute approximate surface area is 109 Å². The van der Waals surface area contributed by atoms with E-state index >= 15 is 0 Å². The van der Waals surface area contributed by atoms with Crippen LogP contribution in [0.3, 0.4) is 0 Å². The Morgan fingerprint density at radius 3 is 2.72 bits per heavy atom. The van der Waals surface area contributed by atoms with Crippen molar-refractivity contribution in [1.82, 2.24) is 14.9 Å². The first-order valence-corrected chi connectivity index (χ1v) is 6.81. The van der Waals surface area contributed by atoms with Crippen molar-refractivity contribution in [3.8, 4) is 0 Å². The number of imidazole rings is 1. The number of hydrogen-bond donors (Lipinski definition) is 1. The van der Waals surface area contributed by atoms with Crippen LogP contribution in [0.2, 0.25) is 0 Å². The molecule has 2 aromatic rings. The molecular formula is C15H23N3. The van der Waals surface area contributed by atoms with E-state index in [4.69, 9.17) is 4.98 Å². The first kappa shape index (κ1) is 13.1. The summed E-state index contributed by atoms with van der Waals surface area (Å²) in [4.78, 5) is 4.79. The van der Waals surface area contributed by atoms with Gasteiger partial charge in [-0.15, -0.1) is 0 Å². The Balaban J connectivity index is 2.46. The van der Waals surface area contributed by atoms with E-state index in [0.29, 0.717) is 5.92 Å². The minimum atomic E-state index is 0.557. The van der Waals surface area contributed by atoms with Gasteiger partial charge in [0, 0.05) is 19.5 Å². The van der Waals surface area contributed by atoms with E-state index in [-0.39, 0.29) is 0 Å². The van der Waals surface area contributed by atoms with Gasteiger partial charge in [0.05, 0.1) is 11.0 Å². The monoisotopic (exact) mass is 245 g/mol. The third-order valence-corrected chi connectivity index (χ3v) is 3.43. The molecule has 0 spiro atoms. The van der Waals surface area contributed by atoms with Crippen LogP contribution in [0.25, 0.3) is 11.0 Å². The number of aryl methyl sites for hydroxylation is 1. The maximum Gasteiger partial charge on any atom is 0.111 e. The van der Waals surface area contributed by atoms with Crippen LogP contribution in [0.4, 0.5) is 0 Å². The lowest BCUT2D eigenvalue weighted by molar-refractivity contribution is 0.681. The number of hydrogen-bond acceptors (Lipinski definition) is 2. The minimum Gasteiger partial charge on any atom is -0.328 e. The van der Waals surface area contributed by atoms with Gasteiger partial charge in [-0.25, -0.2) is 4.98 Å². The third kappa shape index (κ3) is 2.41. The van der Waals surface area contributed by atoms with Crippen LogP contribution in [0.1, 0.15) is 38.1 Å². The van der Waals surface area contributed by atoms with Gasteiger partial charge >= 0.3 is 0 Å². The highest BCUT2D eigenvalue weighted by molar-refractivity contribution is 5.77. The van der Waals surface area contributed by atoms with Crippen LogP contribution in [-0.4, -0.2) is 23.1 Å². The Morgan fingerprint density at radius 2 is 2.11 bits per heavy atom. The zero-order valence-corrected chi connectivity index (χ0v) is 11.8. The highest BCUT2D eigenvalue weighted by Gasteiger charge is 2.10. The molecule has 0 amide bonds. The Morgan fingerprint density at radius 1 is 1.33 bits per heavy atom. The number of likely N-dealkylation sites (N-methyl/N-ethyl adjacent to an activating group) is 1. The van der Waals surface area contributed by atoms with E-state index < -0.39 is 0 Å². The van der Waals surface area contributed by atoms with Crippen molar-refractivity contribution in [3.05, 3.63) is 29.6 Å². The predicted molar refractivity (Wildman–Crippen MR) is 77.1 cm³/mol. The van der Waals surface area contributed by atoms with Crippen LogP contribution in [0, 0.1) is 0 Å². The lowest BCUT2D eigenvalue weighted by Crippen LogP contribution is -2.13. The first-order valence-electron chi connectivity index (χ1n) is 6.81. The molecule has 0 atom stereocenters. The van der Waals surface area contributed by atoms with Crippen molar-refractivity contribution in [1.29, 1.82) is 0 Å². The molecular weight excluding hydrogens is 222 g/mol. The molecule has 0 unspecified atom stereocenters. The second kappa shape index (κ2) is 5.53. The van der Waals surface area contributed by atoms with Gasteiger partial charge in [0.15, 0.2) is 0 Å². The molecule has 0 fully saturated rings. The van der Waals surface area contributed by atoms with Gasteiger partial charge in [0.25, 0.3) is 0 Å². The van der Waals surface area contributed by atoms with Gasteiger partial charge in [-0.05, 0) is 37.6 Å². The molecule has 1 heterocycles. The van der Waals surface area contributed by atoms with Crippen LogP contribution in [0.5, 0.6) is 0 Å². The Bertz CT molecular complexity index is 526. The molecule has 1 N–H and O–H groups in total. The van der Waals surface area contributed by atoms with Crippen molar-refractivity contribution in [2.24, 2.45) is 0 Å².